The van der Waals surface area contributed by atoms with Crippen LogP contribution in [0, 0.1) is 11.8 Å². The first-order valence-corrected chi connectivity index (χ1v) is 11.1. The number of ether oxygens (including phenoxy) is 1. The lowest BCUT2D eigenvalue weighted by Gasteiger charge is -2.35. The number of nitrogens with one attached hydrogen (secondary N) is 3. The van der Waals surface area contributed by atoms with Crippen molar-refractivity contribution in [3.05, 3.63) is 40.2 Å². The molecule has 0 bridgehead atoms. The van der Waals surface area contributed by atoms with Gasteiger partial charge in [-0.05, 0) is 37.3 Å². The van der Waals surface area contributed by atoms with Crippen LogP contribution in [0.5, 0.6) is 5.75 Å². The molecule has 170 valence electrons. The predicted molar refractivity (Wildman–Crippen MR) is 122 cm³/mol. The van der Waals surface area contributed by atoms with Gasteiger partial charge >= 0.3 is 0 Å². The van der Waals surface area contributed by atoms with E-state index in [1.807, 2.05) is 17.9 Å². The average molecular weight is 440 g/mol. The van der Waals surface area contributed by atoms with Crippen LogP contribution in [0.2, 0.25) is 0 Å². The maximum absolute atomic E-state index is 13.1. The van der Waals surface area contributed by atoms with Gasteiger partial charge in [0.05, 0.1) is 23.8 Å². The van der Waals surface area contributed by atoms with Crippen LogP contribution >= 0.6 is 0 Å². The molecule has 2 aliphatic heterocycles. The van der Waals surface area contributed by atoms with Crippen LogP contribution in [0.1, 0.15) is 45.1 Å². The van der Waals surface area contributed by atoms with E-state index in [1.165, 1.54) is 0 Å². The second-order valence-electron chi connectivity index (χ2n) is 8.73. The fraction of sp³-hybridized carbons (Fsp3) is 0.478. The number of hydrogen-bond acceptors (Lipinski definition) is 6. The fourth-order valence-corrected chi connectivity index (χ4v) is 4.64. The monoisotopic (exact) mass is 439 g/mol. The Morgan fingerprint density at radius 2 is 1.94 bits per heavy atom. The molecular weight excluding hydrogens is 410 g/mol. The molecular formula is C23H29N5O4. The van der Waals surface area contributed by atoms with Crippen molar-refractivity contribution < 1.29 is 14.3 Å². The number of anilines is 3. The van der Waals surface area contributed by atoms with Gasteiger partial charge in [0.15, 0.2) is 0 Å². The van der Waals surface area contributed by atoms with Gasteiger partial charge in [0.25, 0.3) is 5.56 Å². The van der Waals surface area contributed by atoms with Gasteiger partial charge in [-0.25, -0.2) is 0 Å². The van der Waals surface area contributed by atoms with E-state index in [1.54, 1.807) is 18.2 Å². The third-order valence-corrected chi connectivity index (χ3v) is 5.87. The Morgan fingerprint density at radius 1 is 1.22 bits per heavy atom. The topological polar surface area (TPSA) is 116 Å². The largest absolute Gasteiger partial charge is 0.492 e. The van der Waals surface area contributed by atoms with Crippen molar-refractivity contribution in [2.45, 2.75) is 39.5 Å². The molecule has 4 rings (SSSR count). The van der Waals surface area contributed by atoms with Crippen LogP contribution in [-0.2, 0) is 9.59 Å². The summed E-state index contributed by atoms with van der Waals surface area (Å²) in [6.07, 6.45) is 0.991. The van der Waals surface area contributed by atoms with Gasteiger partial charge in [0.2, 0.25) is 17.8 Å². The maximum Gasteiger partial charge on any atom is 0.258 e. The Morgan fingerprint density at radius 3 is 2.66 bits per heavy atom. The number of nitrogens with zero attached hydrogens (tertiary/aromatic N) is 2. The van der Waals surface area contributed by atoms with E-state index >= 15 is 0 Å². The molecule has 2 aromatic rings. The van der Waals surface area contributed by atoms with Gasteiger partial charge in [-0.15, -0.1) is 0 Å². The normalized spacial score (nSPS) is 22.7. The third-order valence-electron chi connectivity index (χ3n) is 5.87. The van der Waals surface area contributed by atoms with Crippen molar-refractivity contribution in [3.63, 3.8) is 0 Å². The fourth-order valence-electron chi connectivity index (χ4n) is 4.64. The van der Waals surface area contributed by atoms with Crippen LogP contribution in [0.25, 0.3) is 0 Å². The Balaban J connectivity index is 1.64. The van der Waals surface area contributed by atoms with E-state index in [0.717, 1.165) is 19.5 Å². The van der Waals surface area contributed by atoms with E-state index in [-0.39, 0.29) is 23.7 Å². The number of para-hydroxylation sites is 2. The number of hydrogen-bond donors (Lipinski definition) is 3. The van der Waals surface area contributed by atoms with E-state index < -0.39 is 17.4 Å². The number of piperidine rings is 1. The molecule has 0 aliphatic carbocycles. The van der Waals surface area contributed by atoms with Gasteiger partial charge in [-0.3, -0.25) is 19.4 Å². The van der Waals surface area contributed by atoms with Crippen LogP contribution in [0.15, 0.2) is 29.1 Å². The Bertz CT molecular complexity index is 1070. The molecule has 0 spiro atoms. The number of benzene rings is 1. The molecule has 3 atom stereocenters. The molecule has 2 aliphatic rings. The van der Waals surface area contributed by atoms with Crippen molar-refractivity contribution in [2.75, 3.05) is 35.2 Å². The lowest BCUT2D eigenvalue weighted by atomic mass is 9.91. The number of fused-ring (bicyclic) bond motifs is 1. The summed E-state index contributed by atoms with van der Waals surface area (Å²) < 4.78 is 5.56. The highest BCUT2D eigenvalue weighted by Gasteiger charge is 2.36. The van der Waals surface area contributed by atoms with Gasteiger partial charge in [-0.2, -0.15) is 4.98 Å². The minimum Gasteiger partial charge on any atom is -0.492 e. The average Bonchev–Trinajstić information content (AvgIpc) is 2.73. The van der Waals surface area contributed by atoms with Gasteiger partial charge in [-0.1, -0.05) is 26.0 Å². The van der Waals surface area contributed by atoms with Gasteiger partial charge < -0.3 is 20.3 Å². The minimum absolute atomic E-state index is 0.127. The second kappa shape index (κ2) is 9.02. The van der Waals surface area contributed by atoms with Gasteiger partial charge in [0, 0.05) is 19.5 Å². The van der Waals surface area contributed by atoms with Crippen molar-refractivity contribution in [1.82, 2.24) is 9.97 Å². The number of carbonyl (C=O) groups excluding carboxylic acids is 2. The summed E-state index contributed by atoms with van der Waals surface area (Å²) in [5, 5.41) is 5.49. The standard InChI is InChI=1S/C23H29N5O4/c1-4-32-17-8-6-5-7-16(17)24-21(30)15-10-18(29)25-20-19(15)22(31)27-23(26-20)28-11-13(2)9-14(3)12-28/h5-8,13-15H,4,9-12H2,1-3H3,(H,24,30)(H2,25,26,27,29,31). The third kappa shape index (κ3) is 4.46. The predicted octanol–water partition coefficient (Wildman–Crippen LogP) is 2.72. The van der Waals surface area contributed by atoms with E-state index in [4.69, 9.17) is 4.74 Å². The number of aromatic nitrogens is 2. The first kappa shape index (κ1) is 21.9. The van der Waals surface area contributed by atoms with E-state index in [9.17, 15) is 14.4 Å². The summed E-state index contributed by atoms with van der Waals surface area (Å²) in [7, 11) is 0. The van der Waals surface area contributed by atoms with Crippen LogP contribution in [0.3, 0.4) is 0 Å². The zero-order chi connectivity index (χ0) is 22.8. The Hall–Kier alpha value is -3.36. The first-order valence-electron chi connectivity index (χ1n) is 11.1. The molecule has 1 aromatic heterocycles. The minimum atomic E-state index is -0.946. The highest BCUT2D eigenvalue weighted by atomic mass is 16.5. The number of amides is 2. The zero-order valence-corrected chi connectivity index (χ0v) is 18.6. The lowest BCUT2D eigenvalue weighted by molar-refractivity contribution is -0.123. The summed E-state index contributed by atoms with van der Waals surface area (Å²) in [5.74, 6) is 0.308. The molecule has 9 heteroatoms. The second-order valence-corrected chi connectivity index (χ2v) is 8.73. The summed E-state index contributed by atoms with van der Waals surface area (Å²) in [6, 6.07) is 7.06. The van der Waals surface area contributed by atoms with Crippen molar-refractivity contribution >= 4 is 29.3 Å². The highest BCUT2D eigenvalue weighted by Crippen LogP contribution is 2.32. The molecule has 2 amide bonds. The van der Waals surface area contributed by atoms with Crippen molar-refractivity contribution in [3.8, 4) is 5.75 Å². The molecule has 1 saturated heterocycles. The first-order chi connectivity index (χ1) is 15.4. The number of rotatable bonds is 5. The van der Waals surface area contributed by atoms with E-state index in [2.05, 4.69) is 34.4 Å². The Labute approximate surface area is 186 Å². The summed E-state index contributed by atoms with van der Waals surface area (Å²) in [5.41, 5.74) is 0.260. The lowest BCUT2D eigenvalue weighted by Crippen LogP contribution is -2.42. The number of aromatic amines is 1. The zero-order valence-electron chi connectivity index (χ0n) is 18.6. The van der Waals surface area contributed by atoms with Crippen LogP contribution < -0.4 is 25.8 Å². The molecule has 0 saturated carbocycles. The maximum atomic E-state index is 13.1. The van der Waals surface area contributed by atoms with E-state index in [0.29, 0.717) is 35.8 Å². The quantitative estimate of drug-likeness (QED) is 0.660. The molecule has 32 heavy (non-hydrogen) atoms. The Kier molecular flexibility index (Phi) is 6.16. The number of H-pyrrole nitrogens is 1. The SMILES string of the molecule is CCOc1ccccc1NC(=O)C1CC(=O)Nc2nc(N3CC(C)CC(C)C3)[nH]c(=O)c21. The summed E-state index contributed by atoms with van der Waals surface area (Å²) in [6.45, 7) is 8.19. The van der Waals surface area contributed by atoms with Crippen molar-refractivity contribution in [2.24, 2.45) is 11.8 Å². The smallest absolute Gasteiger partial charge is 0.258 e. The van der Waals surface area contributed by atoms with Gasteiger partial charge in [0.1, 0.15) is 11.6 Å². The molecule has 0 radical (unpaired) electrons. The van der Waals surface area contributed by atoms with Crippen LogP contribution in [0.4, 0.5) is 17.5 Å². The molecule has 9 nitrogen and oxygen atoms in total. The highest BCUT2D eigenvalue weighted by molar-refractivity contribution is 6.05. The summed E-state index contributed by atoms with van der Waals surface area (Å²) >= 11 is 0. The molecule has 1 fully saturated rings. The molecule has 3 N–H and O–H groups in total. The summed E-state index contributed by atoms with van der Waals surface area (Å²) in [4.78, 5) is 48.0. The van der Waals surface area contributed by atoms with Crippen LogP contribution in [-0.4, -0.2) is 41.5 Å². The van der Waals surface area contributed by atoms with Crippen molar-refractivity contribution in [1.29, 1.82) is 0 Å². The number of carbonyl (C=O) groups is 2. The molecule has 3 heterocycles. The molecule has 3 unspecified atom stereocenters. The molecule has 1 aromatic carbocycles.